The summed E-state index contributed by atoms with van der Waals surface area (Å²) in [6.07, 6.45) is -0.130. The third-order valence-electron chi connectivity index (χ3n) is 3.01. The van der Waals surface area contributed by atoms with Gasteiger partial charge in [0.15, 0.2) is 0 Å². The summed E-state index contributed by atoms with van der Waals surface area (Å²) in [6.45, 7) is 0.845. The molecule has 0 saturated carbocycles. The van der Waals surface area contributed by atoms with Gasteiger partial charge in [-0.1, -0.05) is 0 Å². The molecule has 0 aliphatic carbocycles. The monoisotopic (exact) mass is 281 g/mol. The Hall–Kier alpha value is -0.850. The van der Waals surface area contributed by atoms with Crippen molar-refractivity contribution in [1.29, 1.82) is 0 Å². The van der Waals surface area contributed by atoms with Crippen molar-refractivity contribution in [2.24, 2.45) is 0 Å². The van der Waals surface area contributed by atoms with Gasteiger partial charge in [-0.05, 0) is 31.5 Å². The van der Waals surface area contributed by atoms with Crippen molar-refractivity contribution in [3.63, 3.8) is 0 Å². The largest absolute Gasteiger partial charge is 0.417 e. The molecule has 1 aromatic heterocycles. The molecule has 1 atom stereocenters. The van der Waals surface area contributed by atoms with Gasteiger partial charge in [-0.15, -0.1) is 12.4 Å². The molecule has 2 heterocycles. The fourth-order valence-electron chi connectivity index (χ4n) is 2.18. The number of halogens is 4. The Morgan fingerprint density at radius 2 is 2.11 bits per heavy atom. The summed E-state index contributed by atoms with van der Waals surface area (Å²) in [5, 5.41) is 1.94. The van der Waals surface area contributed by atoms with Crippen molar-refractivity contribution in [3.05, 3.63) is 29.6 Å². The van der Waals surface area contributed by atoms with Crippen LogP contribution >= 0.6 is 12.4 Å². The molecule has 1 aliphatic rings. The second-order valence-corrected chi connectivity index (χ2v) is 4.08. The van der Waals surface area contributed by atoms with E-state index in [-0.39, 0.29) is 18.4 Å². The molecular formula is C11H15ClF3N3. The van der Waals surface area contributed by atoms with Crippen molar-refractivity contribution >= 4 is 12.4 Å². The molecule has 0 aromatic carbocycles. The minimum absolute atomic E-state index is 0. The zero-order valence-corrected chi connectivity index (χ0v) is 10.7. The maximum absolute atomic E-state index is 12.6. The summed E-state index contributed by atoms with van der Waals surface area (Å²) in [4.78, 5) is 3.69. The van der Waals surface area contributed by atoms with Crippen LogP contribution in [0.5, 0.6) is 0 Å². The Labute approximate surface area is 110 Å². The van der Waals surface area contributed by atoms with Crippen molar-refractivity contribution in [1.82, 2.24) is 15.4 Å². The molecule has 2 rings (SSSR count). The maximum Gasteiger partial charge on any atom is 0.417 e. The van der Waals surface area contributed by atoms with Crippen LogP contribution in [0.25, 0.3) is 0 Å². The van der Waals surface area contributed by atoms with E-state index >= 15 is 0 Å². The minimum Gasteiger partial charge on any atom is -0.264 e. The van der Waals surface area contributed by atoms with E-state index in [1.165, 1.54) is 12.3 Å². The topological polar surface area (TPSA) is 28.2 Å². The lowest BCUT2D eigenvalue weighted by molar-refractivity contribution is -0.137. The quantitative estimate of drug-likeness (QED) is 0.903. The second-order valence-electron chi connectivity index (χ2n) is 4.08. The molecular weight excluding hydrogens is 267 g/mol. The van der Waals surface area contributed by atoms with Gasteiger partial charge < -0.3 is 0 Å². The van der Waals surface area contributed by atoms with Crippen LogP contribution in [0.3, 0.4) is 0 Å². The number of nitrogens with zero attached hydrogens (tertiary/aromatic N) is 2. The van der Waals surface area contributed by atoms with Gasteiger partial charge >= 0.3 is 6.18 Å². The Morgan fingerprint density at radius 3 is 2.72 bits per heavy atom. The van der Waals surface area contributed by atoms with E-state index in [0.29, 0.717) is 5.56 Å². The van der Waals surface area contributed by atoms with E-state index in [1.54, 1.807) is 7.05 Å². The number of aromatic nitrogens is 1. The SMILES string of the molecule is CNN1CCC[C@@H]1c1cncc(C(F)(F)F)c1.Cl. The normalized spacial score (nSPS) is 20.8. The van der Waals surface area contributed by atoms with E-state index in [2.05, 4.69) is 10.4 Å². The van der Waals surface area contributed by atoms with Gasteiger partial charge in [0.25, 0.3) is 0 Å². The Kier molecular flexibility index (Phi) is 4.95. The highest BCUT2D eigenvalue weighted by atomic mass is 35.5. The first-order valence-electron chi connectivity index (χ1n) is 5.48. The van der Waals surface area contributed by atoms with Gasteiger partial charge in [0, 0.05) is 18.9 Å². The molecule has 1 N–H and O–H groups in total. The van der Waals surface area contributed by atoms with E-state index in [0.717, 1.165) is 25.6 Å². The fourth-order valence-corrected chi connectivity index (χ4v) is 2.18. The van der Waals surface area contributed by atoms with Gasteiger partial charge in [-0.2, -0.15) is 13.2 Å². The fraction of sp³-hybridized carbons (Fsp3) is 0.545. The van der Waals surface area contributed by atoms with Crippen LogP contribution in [0.1, 0.15) is 30.0 Å². The average Bonchev–Trinajstić information content (AvgIpc) is 2.76. The summed E-state index contributed by atoms with van der Waals surface area (Å²) in [6, 6.07) is 1.17. The van der Waals surface area contributed by atoms with Crippen molar-refractivity contribution < 1.29 is 13.2 Å². The smallest absolute Gasteiger partial charge is 0.264 e. The van der Waals surface area contributed by atoms with Crippen molar-refractivity contribution in [3.8, 4) is 0 Å². The predicted octanol–water partition coefficient (Wildman–Crippen LogP) is 2.79. The van der Waals surface area contributed by atoms with Crippen LogP contribution in [-0.2, 0) is 6.18 Å². The summed E-state index contributed by atoms with van der Waals surface area (Å²) in [5.74, 6) is 0. The first-order chi connectivity index (χ1) is 8.02. The van der Waals surface area contributed by atoms with E-state index in [9.17, 15) is 13.2 Å². The highest BCUT2D eigenvalue weighted by Crippen LogP contribution is 2.34. The first kappa shape index (κ1) is 15.2. The van der Waals surface area contributed by atoms with E-state index < -0.39 is 11.7 Å². The molecule has 1 aliphatic heterocycles. The number of rotatable bonds is 2. The highest BCUT2D eigenvalue weighted by Gasteiger charge is 2.33. The van der Waals surface area contributed by atoms with Crippen LogP contribution in [0, 0.1) is 0 Å². The van der Waals surface area contributed by atoms with Gasteiger partial charge in [0.05, 0.1) is 11.6 Å². The Bertz CT molecular complexity index is 397. The zero-order valence-electron chi connectivity index (χ0n) is 9.87. The van der Waals surface area contributed by atoms with Crippen molar-refractivity contribution in [2.75, 3.05) is 13.6 Å². The van der Waals surface area contributed by atoms with E-state index in [4.69, 9.17) is 0 Å². The summed E-state index contributed by atoms with van der Waals surface area (Å²) < 4.78 is 37.7. The Morgan fingerprint density at radius 1 is 1.39 bits per heavy atom. The summed E-state index contributed by atoms with van der Waals surface area (Å²) >= 11 is 0. The molecule has 18 heavy (non-hydrogen) atoms. The maximum atomic E-state index is 12.6. The molecule has 3 nitrogen and oxygen atoms in total. The number of alkyl halides is 3. The van der Waals surface area contributed by atoms with Crippen LogP contribution in [-0.4, -0.2) is 23.6 Å². The van der Waals surface area contributed by atoms with Crippen LogP contribution in [0.2, 0.25) is 0 Å². The molecule has 102 valence electrons. The second kappa shape index (κ2) is 5.86. The third-order valence-corrected chi connectivity index (χ3v) is 3.01. The standard InChI is InChI=1S/C11H14F3N3.ClH/c1-15-17-4-2-3-10(17)8-5-9(7-16-6-8)11(12,13)14;/h5-7,10,15H,2-4H2,1H3;1H/t10-;/m1./s1. The molecule has 0 radical (unpaired) electrons. The lowest BCUT2D eigenvalue weighted by Gasteiger charge is -2.23. The molecule has 7 heteroatoms. The van der Waals surface area contributed by atoms with Gasteiger partial charge in [-0.3, -0.25) is 10.4 Å². The number of hydrazine groups is 1. The number of hydrogen-bond acceptors (Lipinski definition) is 3. The van der Waals surface area contributed by atoms with Crippen LogP contribution < -0.4 is 5.43 Å². The molecule has 0 amide bonds. The van der Waals surface area contributed by atoms with Gasteiger partial charge in [-0.25, -0.2) is 5.01 Å². The lowest BCUT2D eigenvalue weighted by Crippen LogP contribution is -2.34. The molecule has 0 bridgehead atoms. The van der Waals surface area contributed by atoms with Crippen LogP contribution in [0.4, 0.5) is 13.2 Å². The van der Waals surface area contributed by atoms with E-state index in [1.807, 2.05) is 5.01 Å². The third kappa shape index (κ3) is 3.13. The van der Waals surface area contributed by atoms with Gasteiger partial charge in [0.1, 0.15) is 0 Å². The number of pyridine rings is 1. The number of hydrogen-bond donors (Lipinski definition) is 1. The molecule has 1 fully saturated rings. The predicted molar refractivity (Wildman–Crippen MR) is 64.2 cm³/mol. The number of nitrogens with one attached hydrogen (secondary N) is 1. The van der Waals surface area contributed by atoms with Gasteiger partial charge in [0.2, 0.25) is 0 Å². The first-order valence-corrected chi connectivity index (χ1v) is 5.48. The van der Waals surface area contributed by atoms with Crippen molar-refractivity contribution in [2.45, 2.75) is 25.1 Å². The Balaban J connectivity index is 0.00000162. The molecule has 0 spiro atoms. The highest BCUT2D eigenvalue weighted by molar-refractivity contribution is 5.85. The molecule has 1 aromatic rings. The average molecular weight is 282 g/mol. The summed E-state index contributed by atoms with van der Waals surface area (Å²) in [5.41, 5.74) is 2.93. The minimum atomic E-state index is -4.33. The zero-order chi connectivity index (χ0) is 12.5. The molecule has 1 saturated heterocycles. The van der Waals surface area contributed by atoms with Crippen LogP contribution in [0.15, 0.2) is 18.5 Å². The lowest BCUT2D eigenvalue weighted by atomic mass is 10.1. The summed E-state index contributed by atoms with van der Waals surface area (Å²) in [7, 11) is 1.78. The molecule has 0 unspecified atom stereocenters.